The standard InChI is InChI=1S/C19H17FN2O2S2/c20-15-3-1-13(2-4-15)16-12-26-18(21-16)9-19(23)22-6-7-24-17(10-22)14-5-8-25-11-14/h1-5,8,11-12,17H,6-7,9-10H2. The van der Waals surface area contributed by atoms with Crippen LogP contribution in [0.15, 0.2) is 46.5 Å². The first kappa shape index (κ1) is 17.3. The van der Waals surface area contributed by atoms with Crippen LogP contribution in [0.25, 0.3) is 11.3 Å². The molecule has 1 aliphatic heterocycles. The van der Waals surface area contributed by atoms with Crippen LogP contribution in [0.4, 0.5) is 4.39 Å². The summed E-state index contributed by atoms with van der Waals surface area (Å²) in [6.07, 6.45) is 0.229. The minimum atomic E-state index is -0.271. The molecule has 1 aliphatic rings. The highest BCUT2D eigenvalue weighted by Gasteiger charge is 2.26. The van der Waals surface area contributed by atoms with Gasteiger partial charge in [-0.2, -0.15) is 11.3 Å². The van der Waals surface area contributed by atoms with E-state index in [4.69, 9.17) is 4.74 Å². The number of morpholine rings is 1. The highest BCUT2D eigenvalue weighted by molar-refractivity contribution is 7.10. The summed E-state index contributed by atoms with van der Waals surface area (Å²) in [7, 11) is 0. The Labute approximate surface area is 158 Å². The Morgan fingerprint density at radius 2 is 2.12 bits per heavy atom. The highest BCUT2D eigenvalue weighted by atomic mass is 32.1. The maximum atomic E-state index is 13.0. The molecule has 1 atom stereocenters. The third-order valence-electron chi connectivity index (χ3n) is 4.33. The molecule has 0 bridgehead atoms. The van der Waals surface area contributed by atoms with Crippen LogP contribution in [-0.4, -0.2) is 35.5 Å². The van der Waals surface area contributed by atoms with Gasteiger partial charge in [-0.05, 0) is 46.7 Å². The van der Waals surface area contributed by atoms with Crippen molar-refractivity contribution >= 4 is 28.6 Å². The van der Waals surface area contributed by atoms with E-state index in [1.165, 1.54) is 23.5 Å². The maximum absolute atomic E-state index is 13.0. The third-order valence-corrected chi connectivity index (χ3v) is 5.88. The number of amides is 1. The van der Waals surface area contributed by atoms with Crippen LogP contribution < -0.4 is 0 Å². The average molecular weight is 388 g/mol. The van der Waals surface area contributed by atoms with Gasteiger partial charge in [0.2, 0.25) is 5.91 Å². The summed E-state index contributed by atoms with van der Waals surface area (Å²) in [5.74, 6) is -0.208. The van der Waals surface area contributed by atoms with E-state index in [0.29, 0.717) is 19.7 Å². The summed E-state index contributed by atoms with van der Waals surface area (Å²) < 4.78 is 18.8. The van der Waals surface area contributed by atoms with Crippen LogP contribution in [0.3, 0.4) is 0 Å². The first-order chi connectivity index (χ1) is 12.7. The molecule has 3 aromatic rings. The van der Waals surface area contributed by atoms with Gasteiger partial charge in [0.15, 0.2) is 0 Å². The molecule has 1 unspecified atom stereocenters. The molecule has 2 aromatic heterocycles. The average Bonchev–Trinajstić information content (AvgIpc) is 3.34. The molecule has 4 rings (SSSR count). The van der Waals surface area contributed by atoms with Gasteiger partial charge in [-0.3, -0.25) is 4.79 Å². The summed E-state index contributed by atoms with van der Waals surface area (Å²) in [5, 5.41) is 6.76. The van der Waals surface area contributed by atoms with Crippen molar-refractivity contribution in [3.8, 4) is 11.3 Å². The normalized spacial score (nSPS) is 17.4. The summed E-state index contributed by atoms with van der Waals surface area (Å²) in [4.78, 5) is 19.0. The van der Waals surface area contributed by atoms with Crippen molar-refractivity contribution in [3.05, 3.63) is 62.9 Å². The van der Waals surface area contributed by atoms with Gasteiger partial charge < -0.3 is 9.64 Å². The SMILES string of the molecule is O=C(Cc1nc(-c2ccc(F)cc2)cs1)N1CCOC(c2ccsc2)C1. The molecular formula is C19H17FN2O2S2. The lowest BCUT2D eigenvalue weighted by molar-refractivity contribution is -0.138. The molecule has 4 nitrogen and oxygen atoms in total. The van der Waals surface area contributed by atoms with Crippen molar-refractivity contribution in [1.82, 2.24) is 9.88 Å². The van der Waals surface area contributed by atoms with Crippen molar-refractivity contribution in [2.75, 3.05) is 19.7 Å². The Kier molecular flexibility index (Phi) is 5.10. The highest BCUT2D eigenvalue weighted by Crippen LogP contribution is 2.26. The van der Waals surface area contributed by atoms with Crippen LogP contribution in [0, 0.1) is 5.82 Å². The number of hydrogen-bond acceptors (Lipinski definition) is 5. The lowest BCUT2D eigenvalue weighted by atomic mass is 10.1. The zero-order chi connectivity index (χ0) is 17.9. The first-order valence-electron chi connectivity index (χ1n) is 8.31. The van der Waals surface area contributed by atoms with Crippen molar-refractivity contribution in [2.24, 2.45) is 0 Å². The quantitative estimate of drug-likeness (QED) is 0.674. The maximum Gasteiger partial charge on any atom is 0.229 e. The van der Waals surface area contributed by atoms with E-state index >= 15 is 0 Å². The van der Waals surface area contributed by atoms with Crippen LogP contribution in [-0.2, 0) is 16.0 Å². The second-order valence-electron chi connectivity index (χ2n) is 6.07. The van der Waals surface area contributed by atoms with E-state index in [1.54, 1.807) is 23.5 Å². The number of halogens is 1. The largest absolute Gasteiger partial charge is 0.370 e. The monoisotopic (exact) mass is 388 g/mol. The topological polar surface area (TPSA) is 42.4 Å². The van der Waals surface area contributed by atoms with Gasteiger partial charge in [-0.15, -0.1) is 11.3 Å². The molecule has 1 amide bonds. The van der Waals surface area contributed by atoms with Gasteiger partial charge in [0, 0.05) is 17.5 Å². The van der Waals surface area contributed by atoms with E-state index in [9.17, 15) is 9.18 Å². The van der Waals surface area contributed by atoms with Crippen molar-refractivity contribution < 1.29 is 13.9 Å². The molecule has 1 fully saturated rings. The number of carbonyl (C=O) groups is 1. The summed E-state index contributed by atoms with van der Waals surface area (Å²) >= 11 is 3.09. The molecule has 26 heavy (non-hydrogen) atoms. The van der Waals surface area contributed by atoms with E-state index in [2.05, 4.69) is 10.4 Å². The van der Waals surface area contributed by atoms with Gasteiger partial charge in [-0.1, -0.05) is 0 Å². The first-order valence-corrected chi connectivity index (χ1v) is 10.1. The lowest BCUT2D eigenvalue weighted by Crippen LogP contribution is -2.42. The Bertz CT molecular complexity index is 877. The molecule has 0 aliphatic carbocycles. The van der Waals surface area contributed by atoms with Crippen molar-refractivity contribution in [1.29, 1.82) is 0 Å². The van der Waals surface area contributed by atoms with Gasteiger partial charge in [-0.25, -0.2) is 9.37 Å². The number of thiophene rings is 1. The zero-order valence-electron chi connectivity index (χ0n) is 13.9. The molecule has 0 radical (unpaired) electrons. The number of nitrogens with zero attached hydrogens (tertiary/aromatic N) is 2. The van der Waals surface area contributed by atoms with Crippen LogP contribution >= 0.6 is 22.7 Å². The Morgan fingerprint density at radius 3 is 2.88 bits per heavy atom. The Morgan fingerprint density at radius 1 is 1.27 bits per heavy atom. The van der Waals surface area contributed by atoms with Gasteiger partial charge in [0.25, 0.3) is 0 Å². The van der Waals surface area contributed by atoms with Gasteiger partial charge in [0.1, 0.15) is 16.9 Å². The van der Waals surface area contributed by atoms with Gasteiger partial charge >= 0.3 is 0 Å². The summed E-state index contributed by atoms with van der Waals surface area (Å²) in [6.45, 7) is 1.73. The van der Waals surface area contributed by atoms with Gasteiger partial charge in [0.05, 0.1) is 25.3 Å². The second kappa shape index (κ2) is 7.65. The number of hydrogen-bond donors (Lipinski definition) is 0. The number of ether oxygens (including phenoxy) is 1. The van der Waals surface area contributed by atoms with E-state index in [-0.39, 0.29) is 24.2 Å². The van der Waals surface area contributed by atoms with E-state index < -0.39 is 0 Å². The third kappa shape index (κ3) is 3.85. The molecule has 0 saturated carbocycles. The number of thiazole rings is 1. The molecule has 134 valence electrons. The number of benzene rings is 1. The number of carbonyl (C=O) groups excluding carboxylic acids is 1. The molecular weight excluding hydrogens is 371 g/mol. The molecule has 0 N–H and O–H groups in total. The minimum absolute atomic E-state index is 0.0509. The Hall–Kier alpha value is -2.09. The number of aromatic nitrogens is 1. The fourth-order valence-corrected chi connectivity index (χ4v) is 4.42. The molecule has 0 spiro atoms. The fraction of sp³-hybridized carbons (Fsp3) is 0.263. The predicted octanol–water partition coefficient (Wildman–Crippen LogP) is 4.15. The molecule has 7 heteroatoms. The lowest BCUT2D eigenvalue weighted by Gasteiger charge is -2.32. The van der Waals surface area contributed by atoms with Crippen LogP contribution in [0.5, 0.6) is 0 Å². The molecule has 3 heterocycles. The second-order valence-corrected chi connectivity index (χ2v) is 7.79. The fourth-order valence-electron chi connectivity index (χ4n) is 2.92. The summed E-state index contributed by atoms with van der Waals surface area (Å²) in [6, 6.07) is 8.27. The number of rotatable bonds is 4. The molecule has 1 saturated heterocycles. The van der Waals surface area contributed by atoms with Crippen molar-refractivity contribution in [3.63, 3.8) is 0 Å². The van der Waals surface area contributed by atoms with Crippen LogP contribution in [0.1, 0.15) is 16.7 Å². The molecule has 1 aromatic carbocycles. The van der Waals surface area contributed by atoms with E-state index in [0.717, 1.165) is 21.8 Å². The minimum Gasteiger partial charge on any atom is -0.370 e. The van der Waals surface area contributed by atoms with Crippen molar-refractivity contribution in [2.45, 2.75) is 12.5 Å². The van der Waals surface area contributed by atoms with E-state index in [1.807, 2.05) is 21.7 Å². The zero-order valence-corrected chi connectivity index (χ0v) is 15.6. The smallest absolute Gasteiger partial charge is 0.229 e. The Balaban J connectivity index is 1.41. The predicted molar refractivity (Wildman–Crippen MR) is 101 cm³/mol. The summed E-state index contributed by atoms with van der Waals surface area (Å²) in [5.41, 5.74) is 2.75. The van der Waals surface area contributed by atoms with Crippen LogP contribution in [0.2, 0.25) is 0 Å².